The maximum absolute atomic E-state index is 2.37. The fraction of sp³-hybridized carbons (Fsp3) is 0.200. The summed E-state index contributed by atoms with van der Waals surface area (Å²) in [6.07, 6.45) is 13.0. The molecule has 0 N–H and O–H groups in total. The molecule has 0 aromatic heterocycles. The van der Waals surface area contributed by atoms with Gasteiger partial charge in [0.25, 0.3) is 0 Å². The third-order valence-electron chi connectivity index (χ3n) is 5.25. The summed E-state index contributed by atoms with van der Waals surface area (Å²) in [7, 11) is 0.759. The molecule has 5 rings (SSSR count). The van der Waals surface area contributed by atoms with Crippen molar-refractivity contribution in [3.05, 3.63) is 96.4 Å². The average Bonchev–Trinajstić information content (AvgIpc) is 3.30. The summed E-state index contributed by atoms with van der Waals surface area (Å²) in [5.41, 5.74) is 2.97. The smallest absolute Gasteiger partial charge is 1.00 e. The molecule has 2 aliphatic rings. The van der Waals surface area contributed by atoms with Gasteiger partial charge < -0.3 is 24.8 Å². The third-order valence-corrected chi connectivity index (χ3v) is 6.66. The van der Waals surface area contributed by atoms with Crippen molar-refractivity contribution in [2.24, 2.45) is 5.92 Å². The van der Waals surface area contributed by atoms with Crippen LogP contribution in [0.25, 0.3) is 10.8 Å². The van der Waals surface area contributed by atoms with Crippen molar-refractivity contribution in [1.29, 1.82) is 0 Å². The zero-order valence-corrected chi connectivity index (χ0v) is 22.6. The molecular formula is C25H25Cl2HfP. The Labute approximate surface area is 208 Å². The second-order valence-corrected chi connectivity index (χ2v) is 8.49. The van der Waals surface area contributed by atoms with Gasteiger partial charge in [-0.15, -0.1) is 58.9 Å². The summed E-state index contributed by atoms with van der Waals surface area (Å²) in [6, 6.07) is 21.8. The second-order valence-electron chi connectivity index (χ2n) is 7.12. The quantitative estimate of drug-likeness (QED) is 0.219. The predicted octanol–water partition coefficient (Wildman–Crippen LogP) is -0.0111. The zero-order valence-electron chi connectivity index (χ0n) is 16.5. The van der Waals surface area contributed by atoms with Crippen molar-refractivity contribution in [1.82, 2.24) is 0 Å². The molecule has 2 unspecified atom stereocenters. The van der Waals surface area contributed by atoms with Gasteiger partial charge in [-0.25, -0.2) is 18.1 Å². The minimum absolute atomic E-state index is 0. The first-order valence-corrected chi connectivity index (χ1v) is 10.5. The van der Waals surface area contributed by atoms with E-state index in [0.29, 0.717) is 0 Å². The van der Waals surface area contributed by atoms with E-state index in [9.17, 15) is 0 Å². The summed E-state index contributed by atoms with van der Waals surface area (Å²) < 4.78 is 0. The Morgan fingerprint density at radius 2 is 1.76 bits per heavy atom. The van der Waals surface area contributed by atoms with Crippen LogP contribution in [0.2, 0.25) is 0 Å². The van der Waals surface area contributed by atoms with Crippen LogP contribution in [0.4, 0.5) is 0 Å². The van der Waals surface area contributed by atoms with Gasteiger partial charge in [-0.3, -0.25) is 0 Å². The molecular weight excluding hydrogens is 581 g/mol. The Morgan fingerprint density at radius 3 is 2.52 bits per heavy atom. The Balaban J connectivity index is 0.000000302. The first kappa shape index (κ1) is 26.3. The summed E-state index contributed by atoms with van der Waals surface area (Å²) in [6.45, 7) is 2.19. The van der Waals surface area contributed by atoms with Crippen molar-refractivity contribution in [2.75, 3.05) is 0 Å². The second kappa shape index (κ2) is 12.9. The molecule has 0 saturated heterocycles. The Kier molecular flexibility index (Phi) is 11.7. The van der Waals surface area contributed by atoms with Crippen LogP contribution >= 0.6 is 8.58 Å². The van der Waals surface area contributed by atoms with Crippen LogP contribution < -0.4 is 35.4 Å². The predicted molar refractivity (Wildman–Crippen MR) is 117 cm³/mol. The van der Waals surface area contributed by atoms with Crippen LogP contribution in [0, 0.1) is 19.3 Å². The van der Waals surface area contributed by atoms with Crippen LogP contribution in [0.15, 0.2) is 84.5 Å². The molecule has 29 heavy (non-hydrogen) atoms. The standard InChI is InChI=1S/C16H14P.C9H11.2ClH.Hf/c1-12-6-2-5-9-16(12)17-15-10-13-7-3-4-8-14(13)11-15;1-2-5-9-7-3-6-8(9)4-1;;;/h2-11,17H,1H3;1-2,4,6,9H,3,5,7H2;2*1H;/q2*-1;;;+4/p-2. The molecule has 2 atom stereocenters. The first-order valence-electron chi connectivity index (χ1n) is 9.48. The molecule has 1 saturated carbocycles. The van der Waals surface area contributed by atoms with Crippen molar-refractivity contribution >= 4 is 30.0 Å². The van der Waals surface area contributed by atoms with E-state index in [-0.39, 0.29) is 50.7 Å². The van der Waals surface area contributed by atoms with E-state index in [1.54, 1.807) is 5.57 Å². The monoisotopic (exact) mass is 606 g/mol. The van der Waals surface area contributed by atoms with Crippen LogP contribution in [-0.2, 0) is 25.8 Å². The van der Waals surface area contributed by atoms with E-state index in [0.717, 1.165) is 14.5 Å². The third kappa shape index (κ3) is 6.90. The average molecular weight is 606 g/mol. The Bertz CT molecular complexity index is 925. The van der Waals surface area contributed by atoms with E-state index in [4.69, 9.17) is 0 Å². The van der Waals surface area contributed by atoms with Gasteiger partial charge in [0.2, 0.25) is 0 Å². The van der Waals surface area contributed by atoms with Gasteiger partial charge in [0.1, 0.15) is 0 Å². The maximum atomic E-state index is 2.37. The van der Waals surface area contributed by atoms with E-state index in [1.807, 2.05) is 0 Å². The summed E-state index contributed by atoms with van der Waals surface area (Å²) in [4.78, 5) is 0. The fourth-order valence-electron chi connectivity index (χ4n) is 3.76. The number of fused-ring (bicyclic) bond motifs is 2. The molecule has 0 bridgehead atoms. The van der Waals surface area contributed by atoms with Gasteiger partial charge in [-0.05, 0) is 30.1 Å². The Hall–Kier alpha value is -0.720. The van der Waals surface area contributed by atoms with E-state index < -0.39 is 0 Å². The number of aryl methyl sites for hydroxylation is 1. The maximum Gasteiger partial charge on any atom is 4.00 e. The molecule has 1 fully saturated rings. The van der Waals surface area contributed by atoms with E-state index in [2.05, 4.69) is 92.2 Å². The van der Waals surface area contributed by atoms with Gasteiger partial charge in [-0.1, -0.05) is 45.3 Å². The summed E-state index contributed by atoms with van der Waals surface area (Å²) in [5, 5.41) is 5.58. The molecule has 0 nitrogen and oxygen atoms in total. The van der Waals surface area contributed by atoms with Crippen molar-refractivity contribution in [2.45, 2.75) is 26.2 Å². The number of hydrogen-bond donors (Lipinski definition) is 0. The number of allylic oxidation sites excluding steroid dienone is 4. The first-order chi connectivity index (χ1) is 12.8. The summed E-state index contributed by atoms with van der Waals surface area (Å²) >= 11 is 0. The normalized spacial score (nSPS) is 16.4. The molecule has 0 amide bonds. The summed E-state index contributed by atoms with van der Waals surface area (Å²) in [5.74, 6) is 0.884. The van der Waals surface area contributed by atoms with Crippen LogP contribution in [0.3, 0.4) is 0 Å². The minimum Gasteiger partial charge on any atom is -1.00 e. The van der Waals surface area contributed by atoms with Crippen LogP contribution in [0.1, 0.15) is 24.8 Å². The molecule has 0 aliphatic heterocycles. The number of benzene rings is 2. The topological polar surface area (TPSA) is 0 Å². The molecule has 0 spiro atoms. The molecule has 4 heteroatoms. The van der Waals surface area contributed by atoms with E-state index >= 15 is 0 Å². The van der Waals surface area contributed by atoms with Crippen molar-refractivity contribution < 1.29 is 50.7 Å². The van der Waals surface area contributed by atoms with Gasteiger partial charge in [0, 0.05) is 0 Å². The zero-order chi connectivity index (χ0) is 17.8. The number of halogens is 2. The number of rotatable bonds is 2. The minimum atomic E-state index is 0. The molecule has 0 radical (unpaired) electrons. The largest absolute Gasteiger partial charge is 4.00 e. The van der Waals surface area contributed by atoms with Crippen molar-refractivity contribution in [3.63, 3.8) is 0 Å². The van der Waals surface area contributed by atoms with Crippen LogP contribution in [0.5, 0.6) is 0 Å². The number of hydrogen-bond acceptors (Lipinski definition) is 0. The van der Waals surface area contributed by atoms with Crippen LogP contribution in [-0.4, -0.2) is 0 Å². The van der Waals surface area contributed by atoms with Gasteiger partial charge in [0.15, 0.2) is 0 Å². The van der Waals surface area contributed by atoms with E-state index in [1.165, 1.54) is 46.2 Å². The molecule has 3 aromatic carbocycles. The molecule has 0 heterocycles. The van der Waals surface area contributed by atoms with Gasteiger partial charge in [-0.2, -0.15) is 6.07 Å². The Morgan fingerprint density at radius 1 is 1.00 bits per heavy atom. The SMILES string of the molecule is C1=CCC2CC[CH-]C2=C1.Cc1ccccc1Pc1cc2ccccc2[cH-]1.[Cl-].[Cl-].[Hf+4]. The molecule has 148 valence electrons. The molecule has 2 aliphatic carbocycles. The fourth-order valence-corrected chi connectivity index (χ4v) is 4.98. The van der Waals surface area contributed by atoms with Gasteiger partial charge >= 0.3 is 25.8 Å². The van der Waals surface area contributed by atoms with Gasteiger partial charge in [0.05, 0.1) is 0 Å². The van der Waals surface area contributed by atoms with Crippen molar-refractivity contribution in [3.8, 4) is 0 Å². The molecule has 3 aromatic rings.